The molecule has 0 saturated heterocycles. The van der Waals surface area contributed by atoms with Crippen molar-refractivity contribution in [3.05, 3.63) is 64.7 Å². The van der Waals surface area contributed by atoms with Crippen molar-refractivity contribution in [2.75, 3.05) is 7.11 Å². The Morgan fingerprint density at radius 2 is 1.78 bits per heavy atom. The number of aliphatic hydroxyl groups excluding tert-OH is 1. The van der Waals surface area contributed by atoms with Crippen molar-refractivity contribution in [3.8, 4) is 5.75 Å². The molecule has 1 N–H and O–H groups in total. The number of hydrogen-bond donors (Lipinski definition) is 1. The maximum atomic E-state index is 10.2. The summed E-state index contributed by atoms with van der Waals surface area (Å²) in [5.41, 5.74) is 1.84. The Balaban J connectivity index is 2.15. The van der Waals surface area contributed by atoms with Gasteiger partial charge in [0.1, 0.15) is 5.75 Å². The van der Waals surface area contributed by atoms with E-state index in [0.717, 1.165) is 16.9 Å². The number of methoxy groups -OCH3 is 1. The Bertz CT molecular complexity index is 508. The quantitative estimate of drug-likeness (QED) is 0.912. The van der Waals surface area contributed by atoms with Crippen molar-refractivity contribution in [2.24, 2.45) is 0 Å². The zero-order valence-corrected chi connectivity index (χ0v) is 10.9. The summed E-state index contributed by atoms with van der Waals surface area (Å²) < 4.78 is 5.27. The van der Waals surface area contributed by atoms with E-state index in [1.807, 2.05) is 36.4 Å². The molecule has 94 valence electrons. The van der Waals surface area contributed by atoms with Crippen LogP contribution in [0.1, 0.15) is 17.2 Å². The highest BCUT2D eigenvalue weighted by atomic mass is 35.5. The first-order valence-electron chi connectivity index (χ1n) is 5.76. The Hall–Kier alpha value is -1.51. The predicted molar refractivity (Wildman–Crippen MR) is 73.1 cm³/mol. The van der Waals surface area contributed by atoms with E-state index in [1.54, 1.807) is 19.2 Å². The zero-order chi connectivity index (χ0) is 13.0. The van der Waals surface area contributed by atoms with Crippen molar-refractivity contribution >= 4 is 11.6 Å². The van der Waals surface area contributed by atoms with Crippen LogP contribution in [0.2, 0.25) is 5.02 Å². The van der Waals surface area contributed by atoms with Gasteiger partial charge in [0, 0.05) is 11.4 Å². The summed E-state index contributed by atoms with van der Waals surface area (Å²) in [6.45, 7) is 0. The summed E-state index contributed by atoms with van der Waals surface area (Å²) in [5.74, 6) is 0.797. The molecule has 0 aliphatic rings. The standard InChI is InChI=1S/C15H15ClO2/c1-18-15-5-3-2-4-12(15)10-14(17)11-6-8-13(16)9-7-11/h2-9,14,17H,10H2,1H3. The molecule has 1 atom stereocenters. The Morgan fingerprint density at radius 3 is 2.44 bits per heavy atom. The van der Waals surface area contributed by atoms with Crippen molar-refractivity contribution in [1.82, 2.24) is 0 Å². The summed E-state index contributed by atoms with van der Waals surface area (Å²) in [5, 5.41) is 10.9. The van der Waals surface area contributed by atoms with Gasteiger partial charge >= 0.3 is 0 Å². The second-order valence-electron chi connectivity index (χ2n) is 4.08. The molecule has 0 heterocycles. The second-order valence-corrected chi connectivity index (χ2v) is 4.52. The summed E-state index contributed by atoms with van der Waals surface area (Å²) in [6.07, 6.45) is -0.0374. The molecule has 3 heteroatoms. The van der Waals surface area contributed by atoms with Crippen LogP contribution in [0.3, 0.4) is 0 Å². The van der Waals surface area contributed by atoms with Gasteiger partial charge in [0.25, 0.3) is 0 Å². The van der Waals surface area contributed by atoms with E-state index in [9.17, 15) is 5.11 Å². The minimum Gasteiger partial charge on any atom is -0.496 e. The SMILES string of the molecule is COc1ccccc1CC(O)c1ccc(Cl)cc1. The molecule has 18 heavy (non-hydrogen) atoms. The number of hydrogen-bond acceptors (Lipinski definition) is 2. The maximum absolute atomic E-state index is 10.2. The fourth-order valence-electron chi connectivity index (χ4n) is 1.88. The molecule has 0 spiro atoms. The third kappa shape index (κ3) is 3.03. The highest BCUT2D eigenvalue weighted by molar-refractivity contribution is 6.30. The molecule has 0 radical (unpaired) electrons. The number of benzene rings is 2. The largest absolute Gasteiger partial charge is 0.496 e. The first kappa shape index (κ1) is 12.9. The smallest absolute Gasteiger partial charge is 0.122 e. The third-order valence-electron chi connectivity index (χ3n) is 2.86. The molecular weight excluding hydrogens is 248 g/mol. The highest BCUT2D eigenvalue weighted by Gasteiger charge is 2.11. The molecule has 0 amide bonds. The van der Waals surface area contributed by atoms with Crippen LogP contribution in [0, 0.1) is 0 Å². The molecule has 0 bridgehead atoms. The van der Waals surface area contributed by atoms with Crippen molar-refractivity contribution < 1.29 is 9.84 Å². The molecule has 2 aromatic rings. The van der Waals surface area contributed by atoms with Gasteiger partial charge in [-0.25, -0.2) is 0 Å². The van der Waals surface area contributed by atoms with Crippen LogP contribution in [-0.2, 0) is 6.42 Å². The van der Waals surface area contributed by atoms with Crippen LogP contribution < -0.4 is 4.74 Å². The van der Waals surface area contributed by atoms with Gasteiger partial charge in [-0.1, -0.05) is 41.9 Å². The summed E-state index contributed by atoms with van der Waals surface area (Å²) in [6, 6.07) is 14.9. The van der Waals surface area contributed by atoms with Crippen LogP contribution in [-0.4, -0.2) is 12.2 Å². The van der Waals surface area contributed by atoms with Gasteiger partial charge in [0.2, 0.25) is 0 Å². The molecule has 0 aliphatic heterocycles. The van der Waals surface area contributed by atoms with Gasteiger partial charge in [-0.3, -0.25) is 0 Å². The van der Waals surface area contributed by atoms with Crippen molar-refractivity contribution in [1.29, 1.82) is 0 Å². The van der Waals surface area contributed by atoms with Gasteiger partial charge in [0.05, 0.1) is 13.2 Å². The van der Waals surface area contributed by atoms with Gasteiger partial charge < -0.3 is 9.84 Å². The second kappa shape index (κ2) is 5.89. The molecule has 0 aliphatic carbocycles. The summed E-state index contributed by atoms with van der Waals surface area (Å²) >= 11 is 5.82. The first-order valence-corrected chi connectivity index (χ1v) is 6.14. The molecule has 2 rings (SSSR count). The van der Waals surface area contributed by atoms with Crippen LogP contribution in [0.5, 0.6) is 5.75 Å². The lowest BCUT2D eigenvalue weighted by atomic mass is 10.0. The van der Waals surface area contributed by atoms with Crippen molar-refractivity contribution in [2.45, 2.75) is 12.5 Å². The fraction of sp³-hybridized carbons (Fsp3) is 0.200. The lowest BCUT2D eigenvalue weighted by molar-refractivity contribution is 0.177. The molecule has 1 unspecified atom stereocenters. The van der Waals surface area contributed by atoms with Crippen molar-refractivity contribution in [3.63, 3.8) is 0 Å². The Morgan fingerprint density at radius 1 is 1.11 bits per heavy atom. The normalized spacial score (nSPS) is 12.2. The number of aliphatic hydroxyl groups is 1. The summed E-state index contributed by atoms with van der Waals surface area (Å²) in [7, 11) is 1.63. The summed E-state index contributed by atoms with van der Waals surface area (Å²) in [4.78, 5) is 0. The van der Waals surface area contributed by atoms with Crippen LogP contribution in [0.15, 0.2) is 48.5 Å². The Kier molecular flexibility index (Phi) is 4.24. The van der Waals surface area contributed by atoms with E-state index in [0.29, 0.717) is 11.4 Å². The van der Waals surface area contributed by atoms with Gasteiger partial charge in [0.15, 0.2) is 0 Å². The molecule has 2 nitrogen and oxygen atoms in total. The minimum atomic E-state index is -0.557. The van der Waals surface area contributed by atoms with E-state index < -0.39 is 6.10 Å². The predicted octanol–water partition coefficient (Wildman–Crippen LogP) is 3.62. The average molecular weight is 263 g/mol. The Labute approximate surface area is 112 Å². The van der Waals surface area contributed by atoms with Gasteiger partial charge in [-0.05, 0) is 29.3 Å². The molecule has 0 aromatic heterocycles. The molecule has 2 aromatic carbocycles. The number of para-hydroxylation sites is 1. The lowest BCUT2D eigenvalue weighted by Crippen LogP contribution is -2.03. The van der Waals surface area contributed by atoms with Gasteiger partial charge in [-0.2, -0.15) is 0 Å². The molecule has 0 fully saturated rings. The van der Waals surface area contributed by atoms with Crippen LogP contribution in [0.4, 0.5) is 0 Å². The third-order valence-corrected chi connectivity index (χ3v) is 3.11. The first-order chi connectivity index (χ1) is 8.70. The monoisotopic (exact) mass is 262 g/mol. The van der Waals surface area contributed by atoms with Crippen LogP contribution >= 0.6 is 11.6 Å². The molecular formula is C15H15ClO2. The van der Waals surface area contributed by atoms with E-state index in [2.05, 4.69) is 0 Å². The zero-order valence-electron chi connectivity index (χ0n) is 10.1. The molecule has 0 saturated carbocycles. The topological polar surface area (TPSA) is 29.5 Å². The number of halogens is 1. The van der Waals surface area contributed by atoms with E-state index in [-0.39, 0.29) is 0 Å². The lowest BCUT2D eigenvalue weighted by Gasteiger charge is -2.13. The average Bonchev–Trinajstić information content (AvgIpc) is 2.40. The van der Waals surface area contributed by atoms with E-state index >= 15 is 0 Å². The number of ether oxygens (including phenoxy) is 1. The maximum Gasteiger partial charge on any atom is 0.122 e. The van der Waals surface area contributed by atoms with Crippen LogP contribution in [0.25, 0.3) is 0 Å². The number of rotatable bonds is 4. The highest BCUT2D eigenvalue weighted by Crippen LogP contribution is 2.25. The minimum absolute atomic E-state index is 0.519. The fourth-order valence-corrected chi connectivity index (χ4v) is 2.01. The van der Waals surface area contributed by atoms with Gasteiger partial charge in [-0.15, -0.1) is 0 Å². The van der Waals surface area contributed by atoms with E-state index in [4.69, 9.17) is 16.3 Å². The van der Waals surface area contributed by atoms with E-state index in [1.165, 1.54) is 0 Å².